The molecular formula is C14H11BrCl2Zr. The molecule has 18 heavy (non-hydrogen) atoms. The van der Waals surface area contributed by atoms with Gasteiger partial charge in [0.15, 0.2) is 0 Å². The fraction of sp³-hybridized carbons (Fsp3) is 0.143. The SMILES string of the molecule is BrC1=C[CH]([Zr+2][C]2=CC=CC2)c2ccccc21.[Cl-].[Cl-]. The number of hydrogen-bond donors (Lipinski definition) is 0. The van der Waals surface area contributed by atoms with Crippen LogP contribution in [0.5, 0.6) is 0 Å². The second-order valence-corrected chi connectivity index (χ2v) is 8.72. The molecule has 1 unspecified atom stereocenters. The Morgan fingerprint density at radius 3 is 2.67 bits per heavy atom. The van der Waals surface area contributed by atoms with E-state index in [1.807, 2.05) is 0 Å². The van der Waals surface area contributed by atoms with Crippen LogP contribution in [0, 0.1) is 0 Å². The van der Waals surface area contributed by atoms with Crippen LogP contribution >= 0.6 is 15.9 Å². The molecule has 1 aromatic rings. The molecule has 0 saturated heterocycles. The van der Waals surface area contributed by atoms with E-state index >= 15 is 0 Å². The molecule has 0 bridgehead atoms. The molecule has 0 N–H and O–H groups in total. The molecule has 0 nitrogen and oxygen atoms in total. The standard InChI is InChI=1S/C9H6Br.C5H5.2ClH.Zr/c10-9-6-5-7-3-1-2-4-8(7)9;1-2-4-5-3-1;;;/h1-6H;1-3H,4H2;2*1H;/q;;;;+2/p-2. The maximum Gasteiger partial charge on any atom is -1.00 e. The number of fused-ring (bicyclic) bond motifs is 1. The van der Waals surface area contributed by atoms with Crippen molar-refractivity contribution in [2.45, 2.75) is 10.0 Å². The first-order chi connectivity index (χ1) is 7.84. The van der Waals surface area contributed by atoms with E-state index in [1.165, 1.54) is 22.0 Å². The van der Waals surface area contributed by atoms with Crippen LogP contribution in [0.3, 0.4) is 0 Å². The molecule has 0 radical (unpaired) electrons. The summed E-state index contributed by atoms with van der Waals surface area (Å²) in [7, 11) is 0. The Bertz CT molecular complexity index is 520. The largest absolute Gasteiger partial charge is 1.00 e. The van der Waals surface area contributed by atoms with E-state index < -0.39 is 23.2 Å². The molecule has 0 saturated carbocycles. The van der Waals surface area contributed by atoms with Gasteiger partial charge in [0.05, 0.1) is 0 Å². The molecule has 0 fully saturated rings. The van der Waals surface area contributed by atoms with E-state index in [9.17, 15) is 0 Å². The summed E-state index contributed by atoms with van der Waals surface area (Å²) < 4.78 is 3.72. The zero-order chi connectivity index (χ0) is 11.0. The zero-order valence-corrected chi connectivity index (χ0v) is 15.1. The fourth-order valence-corrected chi connectivity index (χ4v) is 7.06. The number of benzene rings is 1. The average molecular weight is 421 g/mol. The van der Waals surface area contributed by atoms with Crippen LogP contribution in [0.4, 0.5) is 0 Å². The van der Waals surface area contributed by atoms with Crippen molar-refractivity contribution in [1.29, 1.82) is 0 Å². The molecule has 0 spiro atoms. The van der Waals surface area contributed by atoms with Gasteiger partial charge in [0.25, 0.3) is 0 Å². The van der Waals surface area contributed by atoms with Crippen molar-refractivity contribution >= 4 is 20.4 Å². The van der Waals surface area contributed by atoms with Gasteiger partial charge in [-0.05, 0) is 0 Å². The molecule has 1 atom stereocenters. The van der Waals surface area contributed by atoms with Crippen LogP contribution in [0.15, 0.2) is 51.9 Å². The first kappa shape index (κ1) is 16.4. The minimum Gasteiger partial charge on any atom is -1.00 e. The molecule has 0 aliphatic heterocycles. The summed E-state index contributed by atoms with van der Waals surface area (Å²) in [6.07, 6.45) is 10.4. The summed E-state index contributed by atoms with van der Waals surface area (Å²) in [5, 5.41) is 0. The molecule has 4 heteroatoms. The van der Waals surface area contributed by atoms with Gasteiger partial charge in [-0.15, -0.1) is 0 Å². The molecule has 0 heterocycles. The summed E-state index contributed by atoms with van der Waals surface area (Å²) >= 11 is 3.20. The van der Waals surface area contributed by atoms with Gasteiger partial charge in [-0.1, -0.05) is 0 Å². The second kappa shape index (κ2) is 7.24. The van der Waals surface area contributed by atoms with E-state index in [4.69, 9.17) is 0 Å². The van der Waals surface area contributed by atoms with Gasteiger partial charge >= 0.3 is 117 Å². The van der Waals surface area contributed by atoms with E-state index in [0.29, 0.717) is 0 Å². The Labute approximate surface area is 140 Å². The van der Waals surface area contributed by atoms with Gasteiger partial charge < -0.3 is 24.8 Å². The number of rotatable bonds is 2. The summed E-state index contributed by atoms with van der Waals surface area (Å²) in [5.41, 5.74) is 2.94. The monoisotopic (exact) mass is 418 g/mol. The predicted molar refractivity (Wildman–Crippen MR) is 67.9 cm³/mol. The van der Waals surface area contributed by atoms with Crippen molar-refractivity contribution in [1.82, 2.24) is 0 Å². The Morgan fingerprint density at radius 2 is 1.94 bits per heavy atom. The van der Waals surface area contributed by atoms with Crippen molar-refractivity contribution in [3.8, 4) is 0 Å². The minimum atomic E-state index is -0.483. The second-order valence-electron chi connectivity index (χ2n) is 4.05. The number of hydrogen-bond acceptors (Lipinski definition) is 0. The first-order valence-electron chi connectivity index (χ1n) is 5.43. The summed E-state index contributed by atoms with van der Waals surface area (Å²) in [6.45, 7) is 0. The zero-order valence-electron chi connectivity index (χ0n) is 9.54. The summed E-state index contributed by atoms with van der Waals surface area (Å²) in [6, 6.07) is 8.79. The predicted octanol–water partition coefficient (Wildman–Crippen LogP) is -1.59. The summed E-state index contributed by atoms with van der Waals surface area (Å²) in [4.78, 5) is 0. The molecule has 2 aliphatic carbocycles. The van der Waals surface area contributed by atoms with E-state index in [2.05, 4.69) is 64.5 Å². The molecule has 3 rings (SSSR count). The molecule has 1 aromatic carbocycles. The van der Waals surface area contributed by atoms with Gasteiger partial charge in [-0.25, -0.2) is 0 Å². The Kier molecular flexibility index (Phi) is 6.61. The molecule has 0 amide bonds. The summed E-state index contributed by atoms with van der Waals surface area (Å²) in [5.74, 6) is 0. The Balaban J connectivity index is 0.000000810. The van der Waals surface area contributed by atoms with Crippen molar-refractivity contribution < 1.29 is 48.0 Å². The molecule has 2 aliphatic rings. The van der Waals surface area contributed by atoms with Gasteiger partial charge in [0.2, 0.25) is 0 Å². The maximum absolute atomic E-state index is 3.68. The van der Waals surface area contributed by atoms with Crippen LogP contribution in [0.2, 0.25) is 0 Å². The average Bonchev–Trinajstić information content (AvgIpc) is 2.90. The smallest absolute Gasteiger partial charge is 1.00 e. The van der Waals surface area contributed by atoms with Crippen molar-refractivity contribution in [3.05, 3.63) is 63.0 Å². The van der Waals surface area contributed by atoms with Gasteiger partial charge in [-0.2, -0.15) is 0 Å². The number of halogens is 3. The third-order valence-electron chi connectivity index (χ3n) is 2.98. The van der Waals surface area contributed by atoms with Crippen LogP contribution in [-0.4, -0.2) is 0 Å². The van der Waals surface area contributed by atoms with Crippen molar-refractivity contribution in [2.24, 2.45) is 0 Å². The van der Waals surface area contributed by atoms with Gasteiger partial charge in [0, 0.05) is 0 Å². The van der Waals surface area contributed by atoms with Gasteiger partial charge in [0.1, 0.15) is 0 Å². The van der Waals surface area contributed by atoms with Crippen LogP contribution in [-0.2, 0) is 23.2 Å². The van der Waals surface area contributed by atoms with E-state index in [1.54, 1.807) is 3.28 Å². The quantitative estimate of drug-likeness (QED) is 0.541. The Morgan fingerprint density at radius 1 is 1.17 bits per heavy atom. The van der Waals surface area contributed by atoms with Crippen molar-refractivity contribution in [3.63, 3.8) is 0 Å². The molecule has 0 aromatic heterocycles. The van der Waals surface area contributed by atoms with E-state index in [-0.39, 0.29) is 24.8 Å². The number of allylic oxidation sites excluding steroid dienone is 5. The minimum absolute atomic E-state index is 0. The van der Waals surface area contributed by atoms with Crippen LogP contribution < -0.4 is 24.8 Å². The Hall–Kier alpha value is 0.383. The van der Waals surface area contributed by atoms with Crippen LogP contribution in [0.25, 0.3) is 4.48 Å². The van der Waals surface area contributed by atoms with Gasteiger partial charge in [-0.3, -0.25) is 0 Å². The van der Waals surface area contributed by atoms with E-state index in [0.717, 1.165) is 3.63 Å². The third-order valence-corrected chi connectivity index (χ3v) is 7.43. The molecule has 92 valence electrons. The maximum atomic E-state index is 3.68. The third kappa shape index (κ3) is 3.28. The molecular weight excluding hydrogens is 410 g/mol. The van der Waals surface area contributed by atoms with Crippen molar-refractivity contribution in [2.75, 3.05) is 0 Å². The first-order valence-corrected chi connectivity index (χ1v) is 8.87. The van der Waals surface area contributed by atoms with Crippen LogP contribution in [0.1, 0.15) is 21.2 Å². The fourth-order valence-electron chi connectivity index (χ4n) is 2.19. The normalized spacial score (nSPS) is 19.1. The topological polar surface area (TPSA) is 0 Å².